The molecule has 1 aliphatic rings. The normalized spacial score (nSPS) is 13.1. The summed E-state index contributed by atoms with van der Waals surface area (Å²) in [6.07, 6.45) is 1.59. The lowest BCUT2D eigenvalue weighted by Crippen LogP contribution is -2.25. The second-order valence-corrected chi connectivity index (χ2v) is 5.81. The second-order valence-electron chi connectivity index (χ2n) is 5.81. The molecule has 0 atom stereocenters. The Hall–Kier alpha value is -3.42. The van der Waals surface area contributed by atoms with Gasteiger partial charge in [0.2, 0.25) is 0 Å². The van der Waals surface area contributed by atoms with Crippen LogP contribution in [0.3, 0.4) is 0 Å². The van der Waals surface area contributed by atoms with Crippen molar-refractivity contribution in [3.63, 3.8) is 0 Å². The molecule has 2 N–H and O–H groups in total. The number of ether oxygens (including phenoxy) is 1. The number of hydrogen-bond acceptors (Lipinski definition) is 5. The van der Waals surface area contributed by atoms with Gasteiger partial charge < -0.3 is 15.4 Å². The van der Waals surface area contributed by atoms with Gasteiger partial charge in [-0.25, -0.2) is 4.98 Å². The van der Waals surface area contributed by atoms with Crippen LogP contribution >= 0.6 is 0 Å². The summed E-state index contributed by atoms with van der Waals surface area (Å²) in [6, 6.07) is 6.72. The molecule has 3 heterocycles. The van der Waals surface area contributed by atoms with Crippen LogP contribution in [0.5, 0.6) is 5.75 Å². The third kappa shape index (κ3) is 2.67. The first-order chi connectivity index (χ1) is 12.0. The van der Waals surface area contributed by atoms with E-state index in [1.54, 1.807) is 29.1 Å². The molecule has 25 heavy (non-hydrogen) atoms. The minimum Gasteiger partial charge on any atom is -0.482 e. The standard InChI is InChI=1S/C17H15N5O3/c1-9-12-6-11(7-18-16(12)22(2)21-9)19-17(24)10-3-4-13-14(5-10)25-8-15(23)20-13/h3-7H,8H2,1-2H3,(H,19,24)(H,20,23). The third-order valence-electron chi connectivity index (χ3n) is 4.00. The summed E-state index contributed by atoms with van der Waals surface area (Å²) in [5.74, 6) is -0.0224. The summed E-state index contributed by atoms with van der Waals surface area (Å²) in [5, 5.41) is 10.7. The SMILES string of the molecule is Cc1nn(C)c2ncc(NC(=O)c3ccc4c(c3)OCC(=O)N4)cc12. The van der Waals surface area contributed by atoms with Crippen LogP contribution in [0.15, 0.2) is 30.5 Å². The van der Waals surface area contributed by atoms with Crippen LogP contribution in [0.25, 0.3) is 11.0 Å². The number of amides is 2. The van der Waals surface area contributed by atoms with E-state index in [1.807, 2.05) is 20.0 Å². The fraction of sp³-hybridized carbons (Fsp3) is 0.176. The molecule has 2 aromatic heterocycles. The highest BCUT2D eigenvalue weighted by atomic mass is 16.5. The maximum Gasteiger partial charge on any atom is 0.262 e. The highest BCUT2D eigenvalue weighted by Gasteiger charge is 2.18. The molecule has 126 valence electrons. The fourth-order valence-electron chi connectivity index (χ4n) is 2.80. The van der Waals surface area contributed by atoms with Crippen molar-refractivity contribution in [3.05, 3.63) is 41.7 Å². The number of aryl methyl sites for hydroxylation is 2. The lowest BCUT2D eigenvalue weighted by Gasteiger charge is -2.18. The number of nitrogens with one attached hydrogen (secondary N) is 2. The number of pyridine rings is 1. The number of anilines is 2. The molecule has 0 saturated carbocycles. The van der Waals surface area contributed by atoms with E-state index in [9.17, 15) is 9.59 Å². The zero-order valence-electron chi connectivity index (χ0n) is 13.7. The lowest BCUT2D eigenvalue weighted by molar-refractivity contribution is -0.118. The number of hydrogen-bond donors (Lipinski definition) is 2. The van der Waals surface area contributed by atoms with E-state index in [0.29, 0.717) is 22.7 Å². The molecule has 3 aromatic rings. The van der Waals surface area contributed by atoms with Gasteiger partial charge in [-0.05, 0) is 31.2 Å². The topological polar surface area (TPSA) is 98.1 Å². The largest absolute Gasteiger partial charge is 0.482 e. The Balaban J connectivity index is 1.60. The van der Waals surface area contributed by atoms with E-state index in [0.717, 1.165) is 16.7 Å². The van der Waals surface area contributed by atoms with Crippen molar-refractivity contribution in [2.45, 2.75) is 6.92 Å². The average molecular weight is 337 g/mol. The zero-order chi connectivity index (χ0) is 17.6. The summed E-state index contributed by atoms with van der Waals surface area (Å²) in [4.78, 5) is 28.1. The number of nitrogens with zero attached hydrogens (tertiary/aromatic N) is 3. The van der Waals surface area contributed by atoms with Gasteiger partial charge in [0.1, 0.15) is 5.75 Å². The Morgan fingerprint density at radius 1 is 1.36 bits per heavy atom. The van der Waals surface area contributed by atoms with Gasteiger partial charge in [-0.3, -0.25) is 14.3 Å². The maximum absolute atomic E-state index is 12.5. The van der Waals surface area contributed by atoms with Gasteiger partial charge >= 0.3 is 0 Å². The van der Waals surface area contributed by atoms with Crippen LogP contribution in [0.4, 0.5) is 11.4 Å². The van der Waals surface area contributed by atoms with E-state index in [4.69, 9.17) is 4.74 Å². The van der Waals surface area contributed by atoms with Crippen LogP contribution in [0.2, 0.25) is 0 Å². The van der Waals surface area contributed by atoms with Crippen molar-refractivity contribution in [2.24, 2.45) is 7.05 Å². The van der Waals surface area contributed by atoms with Crippen molar-refractivity contribution in [3.8, 4) is 5.75 Å². The van der Waals surface area contributed by atoms with Crippen LogP contribution in [0.1, 0.15) is 16.1 Å². The number of rotatable bonds is 2. The quantitative estimate of drug-likeness (QED) is 0.744. The second kappa shape index (κ2) is 5.59. The van der Waals surface area contributed by atoms with Crippen molar-refractivity contribution < 1.29 is 14.3 Å². The van der Waals surface area contributed by atoms with Crippen LogP contribution < -0.4 is 15.4 Å². The van der Waals surface area contributed by atoms with Gasteiger partial charge in [0.25, 0.3) is 11.8 Å². The molecule has 0 saturated heterocycles. The minimum absolute atomic E-state index is 0.0566. The Morgan fingerprint density at radius 2 is 2.20 bits per heavy atom. The number of carbonyl (C=O) groups is 2. The number of aromatic nitrogens is 3. The van der Waals surface area contributed by atoms with Gasteiger partial charge in [0.15, 0.2) is 12.3 Å². The first-order valence-corrected chi connectivity index (χ1v) is 7.68. The summed E-state index contributed by atoms with van der Waals surface area (Å²) in [5.41, 5.74) is 3.17. The molecule has 0 bridgehead atoms. The first-order valence-electron chi connectivity index (χ1n) is 7.68. The molecule has 1 aromatic carbocycles. The molecule has 0 fully saturated rings. The Labute approximate surface area is 142 Å². The molecule has 2 amide bonds. The highest BCUT2D eigenvalue weighted by molar-refractivity contribution is 6.06. The molecular formula is C17H15N5O3. The average Bonchev–Trinajstić information content (AvgIpc) is 2.88. The monoisotopic (exact) mass is 337 g/mol. The Kier molecular flexibility index (Phi) is 3.38. The van der Waals surface area contributed by atoms with Crippen molar-refractivity contribution in [1.29, 1.82) is 0 Å². The van der Waals surface area contributed by atoms with E-state index in [2.05, 4.69) is 20.7 Å². The lowest BCUT2D eigenvalue weighted by atomic mass is 10.1. The molecule has 0 spiro atoms. The van der Waals surface area contributed by atoms with Crippen molar-refractivity contribution in [1.82, 2.24) is 14.8 Å². The van der Waals surface area contributed by atoms with Crippen LogP contribution in [-0.4, -0.2) is 33.2 Å². The predicted octanol–water partition coefficient (Wildman–Crippen LogP) is 1.86. The third-order valence-corrected chi connectivity index (χ3v) is 4.00. The number of carbonyl (C=O) groups excluding carboxylic acids is 2. The van der Waals surface area contributed by atoms with E-state index >= 15 is 0 Å². The van der Waals surface area contributed by atoms with Crippen molar-refractivity contribution >= 4 is 34.2 Å². The predicted molar refractivity (Wildman–Crippen MR) is 91.8 cm³/mol. The van der Waals surface area contributed by atoms with Gasteiger partial charge in [0.05, 0.1) is 23.3 Å². The molecule has 4 rings (SSSR count). The van der Waals surface area contributed by atoms with Crippen molar-refractivity contribution in [2.75, 3.05) is 17.2 Å². The van der Waals surface area contributed by atoms with E-state index in [1.165, 1.54) is 0 Å². The van der Waals surface area contributed by atoms with Crippen LogP contribution in [-0.2, 0) is 11.8 Å². The summed E-state index contributed by atoms with van der Waals surface area (Å²) < 4.78 is 7.04. The van der Waals surface area contributed by atoms with Gasteiger partial charge in [-0.2, -0.15) is 5.10 Å². The van der Waals surface area contributed by atoms with Gasteiger partial charge in [-0.1, -0.05) is 0 Å². The molecule has 0 aliphatic carbocycles. The number of benzene rings is 1. The molecule has 8 nitrogen and oxygen atoms in total. The first kappa shape index (κ1) is 15.1. The molecule has 0 unspecified atom stereocenters. The van der Waals surface area contributed by atoms with E-state index in [-0.39, 0.29) is 18.4 Å². The minimum atomic E-state index is -0.286. The molecule has 8 heteroatoms. The van der Waals surface area contributed by atoms with Crippen LogP contribution in [0, 0.1) is 6.92 Å². The highest BCUT2D eigenvalue weighted by Crippen LogP contribution is 2.29. The van der Waals surface area contributed by atoms with Gasteiger partial charge in [-0.15, -0.1) is 0 Å². The summed E-state index contributed by atoms with van der Waals surface area (Å²) in [6.45, 7) is 1.84. The summed E-state index contributed by atoms with van der Waals surface area (Å²) in [7, 11) is 1.83. The smallest absolute Gasteiger partial charge is 0.262 e. The van der Waals surface area contributed by atoms with E-state index < -0.39 is 0 Å². The Bertz CT molecular complexity index is 1020. The molecule has 0 radical (unpaired) electrons. The Morgan fingerprint density at radius 3 is 3.04 bits per heavy atom. The number of fused-ring (bicyclic) bond motifs is 2. The fourth-order valence-corrected chi connectivity index (χ4v) is 2.80. The zero-order valence-corrected chi connectivity index (χ0v) is 13.7. The van der Waals surface area contributed by atoms with Gasteiger partial charge in [0, 0.05) is 18.0 Å². The molecule has 1 aliphatic heterocycles. The summed E-state index contributed by atoms with van der Waals surface area (Å²) >= 11 is 0. The maximum atomic E-state index is 12.5. The molecular weight excluding hydrogens is 322 g/mol.